The Morgan fingerprint density at radius 3 is 2.00 bits per heavy atom. The average molecular weight is 84.0 g/mol. The summed E-state index contributed by atoms with van der Waals surface area (Å²) >= 11 is 0. The summed E-state index contributed by atoms with van der Waals surface area (Å²) < 4.78 is 3.99. The first-order valence-electron chi connectivity index (χ1n) is 0.986. The molecule has 0 bridgehead atoms. The fraction of sp³-hybridized carbons (Fsp3) is 1.00. The zero-order valence-electron chi connectivity index (χ0n) is 3.52. The van der Waals surface area contributed by atoms with Crippen LogP contribution in [0.1, 0.15) is 0 Å². The van der Waals surface area contributed by atoms with E-state index in [2.05, 4.69) is 4.74 Å². The van der Waals surface area contributed by atoms with E-state index in [1.807, 2.05) is 0 Å². The Balaban J connectivity index is 0. The Bertz CT molecular complexity index is 9.61. The van der Waals surface area contributed by atoms with E-state index in [0.29, 0.717) is 0 Å². The zero-order valence-corrected chi connectivity index (χ0v) is 5.52. The molecule has 2 nitrogen and oxygen atoms in total. The minimum atomic E-state index is -0.431. The monoisotopic (exact) mass is 84.0 g/mol. The predicted molar refractivity (Wildman–Crippen MR) is 11.9 cm³/mol. The first kappa shape index (κ1) is 9.33. The molecule has 3 heteroatoms. The molecular weight excluding hydrogens is 79.0 g/mol. The first-order chi connectivity index (χ1) is 1.91. The number of rotatable bonds is 1. The molecule has 0 N–H and O–H groups in total. The van der Waals surface area contributed by atoms with Crippen LogP contribution in [-0.2, 0) is 4.74 Å². The van der Waals surface area contributed by atoms with Gasteiger partial charge in [-0.3, -0.25) is 0 Å². The van der Waals surface area contributed by atoms with E-state index in [1.54, 1.807) is 0 Å². The molecule has 0 saturated heterocycles. The Morgan fingerprint density at radius 1 is 1.80 bits per heavy atom. The summed E-state index contributed by atoms with van der Waals surface area (Å²) in [6.07, 6.45) is 0. The van der Waals surface area contributed by atoms with Crippen molar-refractivity contribution in [1.29, 1.82) is 0 Å². The summed E-state index contributed by atoms with van der Waals surface area (Å²) in [6, 6.07) is 0. The maximum atomic E-state index is 9.08. The Labute approximate surface area is 53.4 Å². The molecule has 0 aromatic rings. The summed E-state index contributed by atoms with van der Waals surface area (Å²) in [5.74, 6) is 0. The molecule has 0 amide bonds. The normalized spacial score (nSPS) is 6.00. The smallest absolute Gasteiger partial charge is 0.834 e. The molecule has 0 heterocycles. The largest absolute Gasteiger partial charge is 1.00 e. The van der Waals surface area contributed by atoms with Gasteiger partial charge in [0.15, 0.2) is 0 Å². The molecular formula is C2H5NaO2. The third-order valence-corrected chi connectivity index (χ3v) is 0.118. The molecule has 0 aliphatic carbocycles. The third-order valence-electron chi connectivity index (χ3n) is 0.118. The maximum Gasteiger partial charge on any atom is 1.00 e. The van der Waals surface area contributed by atoms with Crippen LogP contribution < -0.4 is 34.7 Å². The van der Waals surface area contributed by atoms with Gasteiger partial charge in [0.2, 0.25) is 0 Å². The molecule has 0 rings (SSSR count). The Kier molecular flexibility index (Phi) is 16.5. The van der Waals surface area contributed by atoms with Gasteiger partial charge in [-0.1, -0.05) is 0 Å². The summed E-state index contributed by atoms with van der Waals surface area (Å²) in [4.78, 5) is 0. The summed E-state index contributed by atoms with van der Waals surface area (Å²) in [5.41, 5.74) is 0. The van der Waals surface area contributed by atoms with E-state index in [-0.39, 0.29) is 29.6 Å². The van der Waals surface area contributed by atoms with Crippen molar-refractivity contribution < 1.29 is 39.4 Å². The minimum Gasteiger partial charge on any atom is -0.834 e. The minimum absolute atomic E-state index is 0. The van der Waals surface area contributed by atoms with Crippen molar-refractivity contribution >= 4 is 0 Å². The number of ether oxygens (including phenoxy) is 1. The molecule has 0 aromatic carbocycles. The van der Waals surface area contributed by atoms with Crippen molar-refractivity contribution in [3.8, 4) is 0 Å². The van der Waals surface area contributed by atoms with Gasteiger partial charge in [0.25, 0.3) is 0 Å². The van der Waals surface area contributed by atoms with Gasteiger partial charge in [-0.25, -0.2) is 0 Å². The summed E-state index contributed by atoms with van der Waals surface area (Å²) in [6.45, 7) is -0.431. The van der Waals surface area contributed by atoms with Crippen LogP contribution in [0.2, 0.25) is 0 Å². The molecule has 5 heavy (non-hydrogen) atoms. The second kappa shape index (κ2) is 8.87. The maximum absolute atomic E-state index is 9.08. The second-order valence-corrected chi connectivity index (χ2v) is 0.407. The van der Waals surface area contributed by atoms with Crippen LogP contribution in [0, 0.1) is 0 Å². The first-order valence-corrected chi connectivity index (χ1v) is 0.986. The van der Waals surface area contributed by atoms with Crippen molar-refractivity contribution in [2.24, 2.45) is 0 Å². The average Bonchev–Trinajstić information content (AvgIpc) is 1.37. The second-order valence-electron chi connectivity index (χ2n) is 0.407. The molecule has 0 aromatic heterocycles. The molecule has 0 fully saturated rings. The molecule has 0 aliphatic rings. The quantitative estimate of drug-likeness (QED) is 0.239. The SMILES string of the molecule is COC[O-].[Na+]. The van der Waals surface area contributed by atoms with Crippen LogP contribution in [0.15, 0.2) is 0 Å². The van der Waals surface area contributed by atoms with Crippen LogP contribution in [0.3, 0.4) is 0 Å². The van der Waals surface area contributed by atoms with Gasteiger partial charge in [-0.15, -0.1) is 0 Å². The van der Waals surface area contributed by atoms with Crippen LogP contribution in [0.5, 0.6) is 0 Å². The van der Waals surface area contributed by atoms with Gasteiger partial charge in [0.1, 0.15) is 0 Å². The van der Waals surface area contributed by atoms with E-state index < -0.39 is 6.79 Å². The van der Waals surface area contributed by atoms with Crippen LogP contribution in [-0.4, -0.2) is 13.9 Å². The summed E-state index contributed by atoms with van der Waals surface area (Å²) in [7, 11) is 1.37. The van der Waals surface area contributed by atoms with E-state index >= 15 is 0 Å². The van der Waals surface area contributed by atoms with Gasteiger partial charge < -0.3 is 9.84 Å². The number of hydrogen-bond donors (Lipinski definition) is 0. The van der Waals surface area contributed by atoms with Gasteiger partial charge in [0.05, 0.1) is 0 Å². The van der Waals surface area contributed by atoms with Crippen molar-refractivity contribution in [1.82, 2.24) is 0 Å². The molecule has 0 saturated carbocycles. The van der Waals surface area contributed by atoms with Crippen molar-refractivity contribution in [2.45, 2.75) is 0 Å². The Hall–Kier alpha value is 0.920. The van der Waals surface area contributed by atoms with Gasteiger partial charge in [-0.05, 0) is 6.79 Å². The fourth-order valence-corrected chi connectivity index (χ4v) is 0. The summed E-state index contributed by atoms with van der Waals surface area (Å²) in [5, 5.41) is 9.08. The molecule has 26 valence electrons. The number of hydrogen-bond acceptors (Lipinski definition) is 2. The molecule has 0 spiro atoms. The number of methoxy groups -OCH3 is 1. The fourth-order valence-electron chi connectivity index (χ4n) is 0. The van der Waals surface area contributed by atoms with E-state index in [0.717, 1.165) is 0 Å². The van der Waals surface area contributed by atoms with Crippen LogP contribution in [0.25, 0.3) is 0 Å². The van der Waals surface area contributed by atoms with Gasteiger partial charge in [0, 0.05) is 7.11 Å². The standard InChI is InChI=1S/C2H5O2.Na/c1-4-2-3;/h2H2,1H3;/q-1;+1. The van der Waals surface area contributed by atoms with E-state index in [9.17, 15) is 0 Å². The van der Waals surface area contributed by atoms with Gasteiger partial charge in [-0.2, -0.15) is 0 Å². The Morgan fingerprint density at radius 2 is 2.00 bits per heavy atom. The van der Waals surface area contributed by atoms with Gasteiger partial charge >= 0.3 is 29.6 Å². The van der Waals surface area contributed by atoms with Crippen molar-refractivity contribution in [2.75, 3.05) is 13.9 Å². The molecule has 0 aliphatic heterocycles. The third kappa shape index (κ3) is 11.4. The van der Waals surface area contributed by atoms with Crippen molar-refractivity contribution in [3.63, 3.8) is 0 Å². The van der Waals surface area contributed by atoms with E-state index in [4.69, 9.17) is 5.11 Å². The zero-order chi connectivity index (χ0) is 3.41. The van der Waals surface area contributed by atoms with Crippen LogP contribution >= 0.6 is 0 Å². The van der Waals surface area contributed by atoms with Crippen molar-refractivity contribution in [3.05, 3.63) is 0 Å². The topological polar surface area (TPSA) is 32.3 Å². The predicted octanol–water partition coefficient (Wildman–Crippen LogP) is -4.05. The molecule has 0 atom stereocenters. The molecule has 0 radical (unpaired) electrons. The molecule has 0 unspecified atom stereocenters. The van der Waals surface area contributed by atoms with E-state index in [1.165, 1.54) is 7.11 Å². The van der Waals surface area contributed by atoms with Crippen LogP contribution in [0.4, 0.5) is 0 Å².